The smallest absolute Gasteiger partial charge is 0.322 e. The Morgan fingerprint density at radius 3 is 2.42 bits per heavy atom. The second kappa shape index (κ2) is 12.8. The van der Waals surface area contributed by atoms with Crippen LogP contribution in [-0.4, -0.2) is 57.3 Å². The summed E-state index contributed by atoms with van der Waals surface area (Å²) < 4.78 is 16.9. The monoisotopic (exact) mass is 527 g/mol. The highest BCUT2D eigenvalue weighted by Crippen LogP contribution is 2.50. The predicted molar refractivity (Wildman–Crippen MR) is 141 cm³/mol. The molecule has 0 heterocycles. The number of aryl methyl sites for hydroxylation is 1. The lowest BCUT2D eigenvalue weighted by molar-refractivity contribution is -0.137. The van der Waals surface area contributed by atoms with Crippen LogP contribution in [0.1, 0.15) is 43.4 Å². The van der Waals surface area contributed by atoms with Crippen LogP contribution in [0.3, 0.4) is 0 Å². The van der Waals surface area contributed by atoms with E-state index in [2.05, 4.69) is 16.0 Å². The fraction of sp³-hybridized carbons (Fsp3) is 0.407. The Morgan fingerprint density at radius 2 is 1.79 bits per heavy atom. The number of carboxylic acid groups (broad SMARTS) is 1. The van der Waals surface area contributed by atoms with E-state index in [1.165, 1.54) is 27.2 Å². The molecule has 11 nitrogen and oxygen atoms in total. The molecular formula is C27H33N3O8. The Bertz CT molecular complexity index is 1280. The number of rotatable bonds is 11. The van der Waals surface area contributed by atoms with Crippen molar-refractivity contribution in [1.82, 2.24) is 10.6 Å². The zero-order valence-corrected chi connectivity index (χ0v) is 21.9. The van der Waals surface area contributed by atoms with Gasteiger partial charge in [0.15, 0.2) is 11.5 Å². The maximum atomic E-state index is 13.2. The van der Waals surface area contributed by atoms with Gasteiger partial charge < -0.3 is 35.3 Å². The van der Waals surface area contributed by atoms with Gasteiger partial charge in [-0.15, -0.1) is 0 Å². The molecule has 4 N–H and O–H groups in total. The van der Waals surface area contributed by atoms with Gasteiger partial charge in [0.05, 0.1) is 33.1 Å². The maximum absolute atomic E-state index is 13.2. The first-order valence-electron chi connectivity index (χ1n) is 12.2. The lowest BCUT2D eigenvalue weighted by atomic mass is 9.95. The quantitative estimate of drug-likeness (QED) is 0.322. The SMILES string of the molecule is COc1cc2c(c(OC)c1OC)-c1ccc(NCCCC(=O)NCC(=O)O)c(=O)cc1C(NC(C)=O)CC2. The number of fused-ring (bicyclic) bond motifs is 3. The number of hydrogen-bond acceptors (Lipinski definition) is 8. The van der Waals surface area contributed by atoms with Gasteiger partial charge in [-0.25, -0.2) is 0 Å². The van der Waals surface area contributed by atoms with E-state index in [4.69, 9.17) is 19.3 Å². The first kappa shape index (κ1) is 28.3. The van der Waals surface area contributed by atoms with Crippen LogP contribution >= 0.6 is 0 Å². The van der Waals surface area contributed by atoms with Gasteiger partial charge >= 0.3 is 5.97 Å². The van der Waals surface area contributed by atoms with Gasteiger partial charge in [0.25, 0.3) is 0 Å². The van der Waals surface area contributed by atoms with E-state index in [1.54, 1.807) is 13.2 Å². The Morgan fingerprint density at radius 1 is 1.05 bits per heavy atom. The molecule has 0 fully saturated rings. The van der Waals surface area contributed by atoms with Crippen molar-refractivity contribution in [2.24, 2.45) is 0 Å². The summed E-state index contributed by atoms with van der Waals surface area (Å²) in [7, 11) is 4.61. The number of amides is 2. The number of anilines is 1. The first-order chi connectivity index (χ1) is 18.2. The van der Waals surface area contributed by atoms with Gasteiger partial charge in [-0.05, 0) is 54.2 Å². The average molecular weight is 528 g/mol. The van der Waals surface area contributed by atoms with Crippen molar-refractivity contribution in [3.8, 4) is 28.4 Å². The van der Waals surface area contributed by atoms with Crippen molar-refractivity contribution in [2.45, 2.75) is 38.6 Å². The third-order valence-corrected chi connectivity index (χ3v) is 6.25. The number of nitrogens with one attached hydrogen (secondary N) is 3. The molecule has 1 unspecified atom stereocenters. The molecule has 1 aliphatic carbocycles. The van der Waals surface area contributed by atoms with E-state index in [9.17, 15) is 19.2 Å². The molecular weight excluding hydrogens is 494 g/mol. The minimum Gasteiger partial charge on any atom is -0.493 e. The van der Waals surface area contributed by atoms with Gasteiger partial charge in [-0.1, -0.05) is 6.07 Å². The van der Waals surface area contributed by atoms with E-state index >= 15 is 0 Å². The molecule has 204 valence electrons. The van der Waals surface area contributed by atoms with Gasteiger partial charge in [0.1, 0.15) is 6.54 Å². The fourth-order valence-corrected chi connectivity index (χ4v) is 4.59. The summed E-state index contributed by atoms with van der Waals surface area (Å²) in [6.45, 7) is 1.32. The number of methoxy groups -OCH3 is 3. The lowest BCUT2D eigenvalue weighted by Gasteiger charge is -2.19. The summed E-state index contributed by atoms with van der Waals surface area (Å²) in [4.78, 5) is 47.6. The topological polar surface area (TPSA) is 152 Å². The minimum atomic E-state index is -1.11. The zero-order valence-electron chi connectivity index (χ0n) is 21.9. The summed E-state index contributed by atoms with van der Waals surface area (Å²) in [6, 6.07) is 6.47. The van der Waals surface area contributed by atoms with Crippen LogP contribution < -0.4 is 35.6 Å². The van der Waals surface area contributed by atoms with Crippen LogP contribution in [0.4, 0.5) is 5.69 Å². The van der Waals surface area contributed by atoms with E-state index in [-0.39, 0.29) is 23.7 Å². The number of carbonyl (C=O) groups is 3. The first-order valence-corrected chi connectivity index (χ1v) is 12.2. The summed E-state index contributed by atoms with van der Waals surface area (Å²) >= 11 is 0. The van der Waals surface area contributed by atoms with E-state index in [0.717, 1.165) is 11.1 Å². The second-order valence-electron chi connectivity index (χ2n) is 8.80. The van der Waals surface area contributed by atoms with Crippen molar-refractivity contribution in [2.75, 3.05) is 39.7 Å². The third-order valence-electron chi connectivity index (χ3n) is 6.25. The van der Waals surface area contributed by atoms with Gasteiger partial charge in [0.2, 0.25) is 23.0 Å². The molecule has 1 atom stereocenters. The number of aliphatic carboxylic acids is 1. The van der Waals surface area contributed by atoms with Crippen molar-refractivity contribution in [1.29, 1.82) is 0 Å². The fourth-order valence-electron chi connectivity index (χ4n) is 4.59. The highest BCUT2D eigenvalue weighted by Gasteiger charge is 2.29. The molecule has 2 aromatic carbocycles. The summed E-state index contributed by atoms with van der Waals surface area (Å²) in [6.07, 6.45) is 1.65. The predicted octanol–water partition coefficient (Wildman–Crippen LogP) is 2.26. The summed E-state index contributed by atoms with van der Waals surface area (Å²) in [5.41, 5.74) is 3.09. The Hall–Kier alpha value is -4.28. The third kappa shape index (κ3) is 6.53. The minimum absolute atomic E-state index is 0.112. The van der Waals surface area contributed by atoms with Crippen LogP contribution in [0.15, 0.2) is 29.1 Å². The van der Waals surface area contributed by atoms with Crippen molar-refractivity contribution in [3.63, 3.8) is 0 Å². The number of hydrogen-bond donors (Lipinski definition) is 4. The lowest BCUT2D eigenvalue weighted by Crippen LogP contribution is -2.29. The molecule has 0 saturated carbocycles. The molecule has 0 aromatic heterocycles. The molecule has 38 heavy (non-hydrogen) atoms. The van der Waals surface area contributed by atoms with Crippen LogP contribution in [0.5, 0.6) is 17.2 Å². The van der Waals surface area contributed by atoms with Gasteiger partial charge in [-0.2, -0.15) is 0 Å². The van der Waals surface area contributed by atoms with E-state index in [0.29, 0.717) is 59.9 Å². The molecule has 0 saturated heterocycles. The summed E-state index contributed by atoms with van der Waals surface area (Å²) in [5, 5.41) is 17.0. The molecule has 3 rings (SSSR count). The molecule has 1 aliphatic rings. The second-order valence-corrected chi connectivity index (χ2v) is 8.80. The van der Waals surface area contributed by atoms with Crippen LogP contribution in [-0.2, 0) is 20.8 Å². The molecule has 2 amide bonds. The molecule has 2 aromatic rings. The number of carboxylic acids is 1. The van der Waals surface area contributed by atoms with E-state index in [1.807, 2.05) is 12.1 Å². The van der Waals surface area contributed by atoms with E-state index < -0.39 is 18.6 Å². The van der Waals surface area contributed by atoms with Crippen LogP contribution in [0.25, 0.3) is 11.1 Å². The normalized spacial score (nSPS) is 13.7. The van der Waals surface area contributed by atoms with Crippen LogP contribution in [0.2, 0.25) is 0 Å². The number of ether oxygens (including phenoxy) is 3. The Labute approximate surface area is 220 Å². The molecule has 11 heteroatoms. The van der Waals surface area contributed by atoms with Gasteiger partial charge in [-0.3, -0.25) is 19.2 Å². The summed E-state index contributed by atoms with van der Waals surface area (Å²) in [5.74, 6) is -0.308. The van der Waals surface area contributed by atoms with Crippen molar-refractivity contribution in [3.05, 3.63) is 45.6 Å². The average Bonchev–Trinajstić information content (AvgIpc) is 3.12. The van der Waals surface area contributed by atoms with Crippen molar-refractivity contribution < 1.29 is 33.7 Å². The molecule has 0 bridgehead atoms. The zero-order chi connectivity index (χ0) is 27.8. The highest BCUT2D eigenvalue weighted by atomic mass is 16.5. The number of carbonyl (C=O) groups excluding carboxylic acids is 2. The molecule has 0 spiro atoms. The Balaban J connectivity index is 2.02. The largest absolute Gasteiger partial charge is 0.493 e. The highest BCUT2D eigenvalue weighted by molar-refractivity contribution is 5.84. The van der Waals surface area contributed by atoms with Crippen molar-refractivity contribution >= 4 is 23.5 Å². The molecule has 0 aliphatic heterocycles. The van der Waals surface area contributed by atoms with Crippen LogP contribution in [0, 0.1) is 0 Å². The molecule has 0 radical (unpaired) electrons. The maximum Gasteiger partial charge on any atom is 0.322 e. The van der Waals surface area contributed by atoms with Gasteiger partial charge in [0, 0.05) is 25.5 Å². The number of benzene rings is 1. The Kier molecular flexibility index (Phi) is 9.53. The standard InChI is InChI=1S/C27H33N3O8/c1-15(31)30-19-9-7-16-12-22(36-2)26(37-3)27(38-4)25(16)17-8-10-20(21(32)13-18(17)19)28-11-5-6-23(33)29-14-24(34)35/h8,10,12-13,19H,5-7,9,11,14H2,1-4H3,(H,28,32)(H,29,33)(H,30,31)(H,34,35).